The van der Waals surface area contributed by atoms with E-state index in [1.54, 1.807) is 30.5 Å². The Labute approximate surface area is 116 Å². The van der Waals surface area contributed by atoms with Gasteiger partial charge in [0.1, 0.15) is 5.69 Å². The zero-order chi connectivity index (χ0) is 13.8. The highest BCUT2D eigenvalue weighted by Crippen LogP contribution is 2.12. The number of hydrogen-bond acceptors (Lipinski definition) is 3. The lowest BCUT2D eigenvalue weighted by Crippen LogP contribution is -1.96. The molecule has 0 atom stereocenters. The molecule has 3 heteroatoms. The highest BCUT2D eigenvalue weighted by molar-refractivity contribution is 6.05. The van der Waals surface area contributed by atoms with Crippen LogP contribution in [0.1, 0.15) is 16.2 Å². The summed E-state index contributed by atoms with van der Waals surface area (Å²) in [6.07, 6.45) is 4.82. The van der Waals surface area contributed by atoms with Gasteiger partial charge >= 0.3 is 0 Å². The van der Waals surface area contributed by atoms with Crippen LogP contribution in [0.15, 0.2) is 66.9 Å². The number of carbonyl (C=O) groups is 1. The Balaban J connectivity index is 1.85. The first-order chi connectivity index (χ1) is 9.83. The molecule has 0 saturated heterocycles. The largest absolute Gasteiger partial charge is 0.288 e. The Morgan fingerprint density at radius 1 is 0.950 bits per heavy atom. The molecule has 0 unspecified atom stereocenters. The van der Waals surface area contributed by atoms with Crippen LogP contribution in [0, 0.1) is 0 Å². The van der Waals surface area contributed by atoms with Crippen molar-refractivity contribution in [3.05, 3.63) is 78.3 Å². The Morgan fingerprint density at radius 3 is 2.65 bits per heavy atom. The van der Waals surface area contributed by atoms with Crippen molar-refractivity contribution in [2.45, 2.75) is 0 Å². The van der Waals surface area contributed by atoms with Crippen molar-refractivity contribution in [3.63, 3.8) is 0 Å². The smallest absolute Gasteiger partial charge is 0.204 e. The van der Waals surface area contributed by atoms with Crippen LogP contribution >= 0.6 is 0 Å². The average Bonchev–Trinajstić information content (AvgIpc) is 2.53. The van der Waals surface area contributed by atoms with Gasteiger partial charge in [0.25, 0.3) is 0 Å². The lowest BCUT2D eigenvalue weighted by Gasteiger charge is -1.98. The van der Waals surface area contributed by atoms with Crippen LogP contribution < -0.4 is 0 Å². The molecule has 96 valence electrons. The first-order valence-electron chi connectivity index (χ1n) is 6.32. The number of carbonyl (C=O) groups excluding carboxylic acids is 1. The molecule has 0 fully saturated rings. The topological polar surface area (TPSA) is 42.9 Å². The Bertz CT molecular complexity index is 779. The molecule has 0 radical (unpaired) electrons. The van der Waals surface area contributed by atoms with E-state index in [1.807, 2.05) is 36.4 Å². The monoisotopic (exact) mass is 260 g/mol. The van der Waals surface area contributed by atoms with Gasteiger partial charge in [0.15, 0.2) is 0 Å². The van der Waals surface area contributed by atoms with Crippen molar-refractivity contribution >= 4 is 22.8 Å². The van der Waals surface area contributed by atoms with Gasteiger partial charge in [-0.3, -0.25) is 9.78 Å². The number of ketones is 1. The molecule has 0 aliphatic heterocycles. The maximum Gasteiger partial charge on any atom is 0.204 e. The standard InChI is InChI=1S/C17H12N2O/c20-17(16-7-3-4-12-18-16)11-10-14-9-8-13-5-1-2-6-15(13)19-14/h1-12H/b11-10+. The van der Waals surface area contributed by atoms with Crippen LogP contribution in [0.2, 0.25) is 0 Å². The van der Waals surface area contributed by atoms with Crippen LogP contribution in [0.5, 0.6) is 0 Å². The SMILES string of the molecule is O=C(/C=C/c1ccc2ccccc2n1)c1ccccn1. The first kappa shape index (κ1) is 12.2. The summed E-state index contributed by atoms with van der Waals surface area (Å²) in [7, 11) is 0. The summed E-state index contributed by atoms with van der Waals surface area (Å²) < 4.78 is 0. The van der Waals surface area contributed by atoms with E-state index in [9.17, 15) is 4.79 Å². The zero-order valence-corrected chi connectivity index (χ0v) is 10.7. The van der Waals surface area contributed by atoms with Gasteiger partial charge in [-0.25, -0.2) is 4.98 Å². The van der Waals surface area contributed by atoms with Gasteiger partial charge in [0, 0.05) is 11.6 Å². The predicted molar refractivity (Wildman–Crippen MR) is 79.3 cm³/mol. The number of benzene rings is 1. The van der Waals surface area contributed by atoms with E-state index in [2.05, 4.69) is 9.97 Å². The zero-order valence-electron chi connectivity index (χ0n) is 10.7. The second-order valence-corrected chi connectivity index (χ2v) is 4.34. The van der Waals surface area contributed by atoms with Gasteiger partial charge in [-0.2, -0.15) is 0 Å². The van der Waals surface area contributed by atoms with Gasteiger partial charge in [-0.15, -0.1) is 0 Å². The maximum atomic E-state index is 11.9. The van der Waals surface area contributed by atoms with Crippen LogP contribution in [0.3, 0.4) is 0 Å². The van der Waals surface area contributed by atoms with E-state index in [1.165, 1.54) is 6.08 Å². The number of aromatic nitrogens is 2. The Morgan fingerprint density at radius 2 is 1.80 bits per heavy atom. The first-order valence-corrected chi connectivity index (χ1v) is 6.32. The molecule has 2 heterocycles. The van der Waals surface area contributed by atoms with Crippen LogP contribution in [-0.2, 0) is 0 Å². The number of pyridine rings is 2. The average molecular weight is 260 g/mol. The summed E-state index contributed by atoms with van der Waals surface area (Å²) in [5, 5.41) is 1.08. The second-order valence-electron chi connectivity index (χ2n) is 4.34. The summed E-state index contributed by atoms with van der Waals surface area (Å²) in [5.74, 6) is -0.124. The highest BCUT2D eigenvalue weighted by atomic mass is 16.1. The van der Waals surface area contributed by atoms with Crippen molar-refractivity contribution in [3.8, 4) is 0 Å². The minimum atomic E-state index is -0.124. The van der Waals surface area contributed by atoms with Gasteiger partial charge in [-0.1, -0.05) is 30.3 Å². The minimum absolute atomic E-state index is 0.124. The summed E-state index contributed by atoms with van der Waals surface area (Å²) in [6, 6.07) is 17.0. The summed E-state index contributed by atoms with van der Waals surface area (Å²) in [4.78, 5) is 20.4. The maximum absolute atomic E-state index is 11.9. The molecule has 0 bridgehead atoms. The van der Waals surface area contributed by atoms with Crippen LogP contribution in [-0.4, -0.2) is 15.8 Å². The van der Waals surface area contributed by atoms with Crippen molar-refractivity contribution < 1.29 is 4.79 Å². The van der Waals surface area contributed by atoms with Gasteiger partial charge in [0.2, 0.25) is 5.78 Å². The molecule has 0 spiro atoms. The third-order valence-electron chi connectivity index (χ3n) is 2.94. The number of para-hydroxylation sites is 1. The number of hydrogen-bond donors (Lipinski definition) is 0. The fourth-order valence-corrected chi connectivity index (χ4v) is 1.93. The molecule has 0 N–H and O–H groups in total. The molecule has 0 aliphatic rings. The normalized spacial score (nSPS) is 11.0. The molecule has 3 rings (SSSR count). The fraction of sp³-hybridized carbons (Fsp3) is 0. The van der Waals surface area contributed by atoms with E-state index in [0.717, 1.165) is 16.6 Å². The summed E-state index contributed by atoms with van der Waals surface area (Å²) in [5.41, 5.74) is 2.11. The van der Waals surface area contributed by atoms with Crippen molar-refractivity contribution in [1.29, 1.82) is 0 Å². The summed E-state index contributed by atoms with van der Waals surface area (Å²) >= 11 is 0. The van der Waals surface area contributed by atoms with E-state index in [4.69, 9.17) is 0 Å². The van der Waals surface area contributed by atoms with Gasteiger partial charge in [-0.05, 0) is 36.4 Å². The predicted octanol–water partition coefficient (Wildman–Crippen LogP) is 3.53. The van der Waals surface area contributed by atoms with E-state index >= 15 is 0 Å². The number of fused-ring (bicyclic) bond motifs is 1. The van der Waals surface area contributed by atoms with E-state index in [-0.39, 0.29) is 5.78 Å². The van der Waals surface area contributed by atoms with Crippen molar-refractivity contribution in [1.82, 2.24) is 9.97 Å². The molecule has 2 aromatic heterocycles. The van der Waals surface area contributed by atoms with Gasteiger partial charge in [0.05, 0.1) is 11.2 Å². The molecular formula is C17H12N2O. The summed E-state index contributed by atoms with van der Waals surface area (Å²) in [6.45, 7) is 0. The lowest BCUT2D eigenvalue weighted by molar-refractivity contribution is 0.104. The van der Waals surface area contributed by atoms with Gasteiger partial charge < -0.3 is 0 Å². The Kier molecular flexibility index (Phi) is 3.33. The fourth-order valence-electron chi connectivity index (χ4n) is 1.93. The number of allylic oxidation sites excluding steroid dienone is 1. The quantitative estimate of drug-likeness (QED) is 0.534. The van der Waals surface area contributed by atoms with Crippen molar-refractivity contribution in [2.24, 2.45) is 0 Å². The van der Waals surface area contributed by atoms with Crippen LogP contribution in [0.25, 0.3) is 17.0 Å². The molecule has 3 nitrogen and oxygen atoms in total. The molecule has 20 heavy (non-hydrogen) atoms. The lowest BCUT2D eigenvalue weighted by atomic mass is 10.2. The molecule has 0 saturated carbocycles. The number of rotatable bonds is 3. The van der Waals surface area contributed by atoms with E-state index in [0.29, 0.717) is 5.69 Å². The van der Waals surface area contributed by atoms with Crippen molar-refractivity contribution in [2.75, 3.05) is 0 Å². The minimum Gasteiger partial charge on any atom is -0.288 e. The molecule has 3 aromatic rings. The number of nitrogens with zero attached hydrogens (tertiary/aromatic N) is 2. The third kappa shape index (κ3) is 2.62. The molecular weight excluding hydrogens is 248 g/mol. The Hall–Kier alpha value is -2.81. The third-order valence-corrected chi connectivity index (χ3v) is 2.94. The molecule has 0 amide bonds. The second kappa shape index (κ2) is 5.45. The highest BCUT2D eigenvalue weighted by Gasteiger charge is 2.01. The molecule has 0 aliphatic carbocycles. The van der Waals surface area contributed by atoms with Crippen LogP contribution in [0.4, 0.5) is 0 Å². The molecule has 1 aromatic carbocycles. The van der Waals surface area contributed by atoms with E-state index < -0.39 is 0 Å².